The Bertz CT molecular complexity index is 1170. The molecule has 28 heavy (non-hydrogen) atoms. The van der Waals surface area contributed by atoms with Gasteiger partial charge in [-0.05, 0) is 30.3 Å². The maximum absolute atomic E-state index is 11.6. The summed E-state index contributed by atoms with van der Waals surface area (Å²) >= 11 is 6.08. The molecule has 0 aliphatic rings. The van der Waals surface area contributed by atoms with Crippen molar-refractivity contribution in [2.24, 2.45) is 0 Å². The molecule has 0 bridgehead atoms. The molecule has 0 saturated carbocycles. The molecule has 0 aliphatic heterocycles. The number of nitrogens with one attached hydrogen (secondary N) is 2. The van der Waals surface area contributed by atoms with E-state index >= 15 is 0 Å². The Balaban J connectivity index is 1.92. The average molecular weight is 394 g/mol. The number of anilines is 2. The molecule has 0 aromatic carbocycles. The Morgan fingerprint density at radius 1 is 1.14 bits per heavy atom. The van der Waals surface area contributed by atoms with Crippen LogP contribution in [0.1, 0.15) is 6.92 Å². The summed E-state index contributed by atoms with van der Waals surface area (Å²) in [6, 6.07) is 9.24. The lowest BCUT2D eigenvalue weighted by atomic mass is 10.2. The van der Waals surface area contributed by atoms with E-state index in [1.807, 2.05) is 30.3 Å². The van der Waals surface area contributed by atoms with E-state index in [-0.39, 0.29) is 5.91 Å². The highest BCUT2D eigenvalue weighted by Crippen LogP contribution is 2.30. The zero-order chi connectivity index (χ0) is 19.7. The number of nitrogens with zero attached hydrogens (tertiary/aromatic N) is 5. The standard InChI is InChI=1S/C19H16ClN7O/c1-11(28)24-19-17(12-5-7-22-8-6-12)27-16(25-19)4-3-14(26-27)13-9-15(21-2)18(20)23-10-13/h3-10,21H,1-2H3,(H,24,28). The van der Waals surface area contributed by atoms with E-state index in [1.54, 1.807) is 30.2 Å². The molecule has 0 spiro atoms. The van der Waals surface area contributed by atoms with E-state index in [9.17, 15) is 4.79 Å². The van der Waals surface area contributed by atoms with Crippen LogP contribution in [-0.2, 0) is 4.79 Å². The summed E-state index contributed by atoms with van der Waals surface area (Å²) < 4.78 is 1.70. The quantitative estimate of drug-likeness (QED) is 0.515. The van der Waals surface area contributed by atoms with E-state index in [1.165, 1.54) is 6.92 Å². The van der Waals surface area contributed by atoms with Gasteiger partial charge in [0.05, 0.1) is 11.4 Å². The fourth-order valence-electron chi connectivity index (χ4n) is 2.87. The minimum absolute atomic E-state index is 0.209. The molecule has 4 aromatic heterocycles. The molecule has 0 aliphatic carbocycles. The maximum atomic E-state index is 11.6. The highest BCUT2D eigenvalue weighted by atomic mass is 35.5. The van der Waals surface area contributed by atoms with E-state index in [0.717, 1.165) is 11.1 Å². The summed E-state index contributed by atoms with van der Waals surface area (Å²) in [4.78, 5) is 24.4. The van der Waals surface area contributed by atoms with Crippen LogP contribution in [0.3, 0.4) is 0 Å². The molecular formula is C19H16ClN7O. The number of aromatic nitrogens is 5. The minimum atomic E-state index is -0.209. The summed E-state index contributed by atoms with van der Waals surface area (Å²) in [5, 5.41) is 10.9. The minimum Gasteiger partial charge on any atom is -0.386 e. The third kappa shape index (κ3) is 3.25. The SMILES string of the molecule is CNc1cc(-c2ccc3nc(NC(C)=O)c(-c4ccncc4)n3n2)cnc1Cl. The van der Waals surface area contributed by atoms with Crippen molar-refractivity contribution in [3.63, 3.8) is 0 Å². The zero-order valence-corrected chi connectivity index (χ0v) is 15.9. The van der Waals surface area contributed by atoms with E-state index in [2.05, 4.69) is 25.6 Å². The first-order chi connectivity index (χ1) is 13.6. The first kappa shape index (κ1) is 17.9. The van der Waals surface area contributed by atoms with Crippen LogP contribution >= 0.6 is 11.6 Å². The fourth-order valence-corrected chi connectivity index (χ4v) is 3.07. The lowest BCUT2D eigenvalue weighted by Crippen LogP contribution is -2.07. The summed E-state index contributed by atoms with van der Waals surface area (Å²) in [6.07, 6.45) is 5.02. The number of amides is 1. The number of hydrogen-bond donors (Lipinski definition) is 2. The predicted molar refractivity (Wildman–Crippen MR) is 108 cm³/mol. The summed E-state index contributed by atoms with van der Waals surface area (Å²) in [6.45, 7) is 1.44. The Morgan fingerprint density at radius 3 is 2.64 bits per heavy atom. The number of carbonyl (C=O) groups excluding carboxylic acids is 1. The van der Waals surface area contributed by atoms with Crippen LogP contribution in [0.2, 0.25) is 5.15 Å². The van der Waals surface area contributed by atoms with Gasteiger partial charge in [-0.3, -0.25) is 9.78 Å². The Morgan fingerprint density at radius 2 is 1.93 bits per heavy atom. The Hall–Kier alpha value is -3.52. The van der Waals surface area contributed by atoms with Crippen molar-refractivity contribution in [3.8, 4) is 22.5 Å². The molecule has 4 rings (SSSR count). The average Bonchev–Trinajstić information content (AvgIpc) is 3.05. The summed E-state index contributed by atoms with van der Waals surface area (Å²) in [5.74, 6) is 0.230. The zero-order valence-electron chi connectivity index (χ0n) is 15.1. The molecule has 2 N–H and O–H groups in total. The third-order valence-corrected chi connectivity index (χ3v) is 4.43. The first-order valence-corrected chi connectivity index (χ1v) is 8.86. The monoisotopic (exact) mass is 393 g/mol. The number of halogens is 1. The van der Waals surface area contributed by atoms with Gasteiger partial charge in [0.2, 0.25) is 5.91 Å². The van der Waals surface area contributed by atoms with Gasteiger partial charge in [-0.2, -0.15) is 5.10 Å². The lowest BCUT2D eigenvalue weighted by Gasteiger charge is -2.08. The van der Waals surface area contributed by atoms with Crippen LogP contribution in [0.4, 0.5) is 11.5 Å². The predicted octanol–water partition coefficient (Wildman–Crippen LogP) is 3.51. The normalized spacial score (nSPS) is 10.8. The summed E-state index contributed by atoms with van der Waals surface area (Å²) in [5.41, 5.74) is 4.31. The second kappa shape index (κ2) is 7.24. The van der Waals surface area contributed by atoms with Crippen LogP contribution in [-0.4, -0.2) is 37.5 Å². The van der Waals surface area contributed by atoms with Crippen LogP contribution < -0.4 is 10.6 Å². The van der Waals surface area contributed by atoms with Gasteiger partial charge in [-0.25, -0.2) is 14.5 Å². The number of rotatable bonds is 4. The van der Waals surface area contributed by atoms with Crippen molar-refractivity contribution >= 4 is 34.7 Å². The van der Waals surface area contributed by atoms with Crippen molar-refractivity contribution in [3.05, 3.63) is 54.1 Å². The lowest BCUT2D eigenvalue weighted by molar-refractivity contribution is -0.114. The van der Waals surface area contributed by atoms with Gasteiger partial charge in [0, 0.05) is 43.7 Å². The van der Waals surface area contributed by atoms with Gasteiger partial charge < -0.3 is 10.6 Å². The number of hydrogen-bond acceptors (Lipinski definition) is 6. The summed E-state index contributed by atoms with van der Waals surface area (Å²) in [7, 11) is 1.78. The van der Waals surface area contributed by atoms with Crippen molar-refractivity contribution in [2.45, 2.75) is 6.92 Å². The van der Waals surface area contributed by atoms with Gasteiger partial charge in [0.15, 0.2) is 16.6 Å². The molecule has 0 saturated heterocycles. The second-order valence-corrected chi connectivity index (χ2v) is 6.39. The van der Waals surface area contributed by atoms with Gasteiger partial charge in [0.25, 0.3) is 0 Å². The van der Waals surface area contributed by atoms with Gasteiger partial charge in [-0.15, -0.1) is 0 Å². The Kier molecular flexibility index (Phi) is 4.62. The van der Waals surface area contributed by atoms with E-state index in [4.69, 9.17) is 16.7 Å². The van der Waals surface area contributed by atoms with Gasteiger partial charge in [-0.1, -0.05) is 11.6 Å². The van der Waals surface area contributed by atoms with Crippen LogP contribution in [0.5, 0.6) is 0 Å². The highest BCUT2D eigenvalue weighted by molar-refractivity contribution is 6.32. The topological polar surface area (TPSA) is 97.1 Å². The molecule has 9 heteroatoms. The Labute approximate surface area is 165 Å². The van der Waals surface area contributed by atoms with Crippen LogP contribution in [0.15, 0.2) is 48.9 Å². The smallest absolute Gasteiger partial charge is 0.222 e. The van der Waals surface area contributed by atoms with Crippen LogP contribution in [0, 0.1) is 0 Å². The molecule has 140 valence electrons. The third-order valence-electron chi connectivity index (χ3n) is 4.13. The highest BCUT2D eigenvalue weighted by Gasteiger charge is 2.17. The van der Waals surface area contributed by atoms with Gasteiger partial charge >= 0.3 is 0 Å². The van der Waals surface area contributed by atoms with Crippen molar-refractivity contribution in [1.29, 1.82) is 0 Å². The van der Waals surface area contributed by atoms with E-state index in [0.29, 0.717) is 33.7 Å². The molecule has 0 atom stereocenters. The second-order valence-electron chi connectivity index (χ2n) is 6.03. The fraction of sp³-hybridized carbons (Fsp3) is 0.105. The molecule has 4 heterocycles. The molecule has 0 radical (unpaired) electrons. The number of imidazole rings is 1. The molecule has 4 aromatic rings. The largest absolute Gasteiger partial charge is 0.386 e. The number of pyridine rings is 2. The number of fused-ring (bicyclic) bond motifs is 1. The van der Waals surface area contributed by atoms with E-state index < -0.39 is 0 Å². The maximum Gasteiger partial charge on any atom is 0.222 e. The molecule has 8 nitrogen and oxygen atoms in total. The molecular weight excluding hydrogens is 378 g/mol. The van der Waals surface area contributed by atoms with Crippen molar-refractivity contribution in [1.82, 2.24) is 24.6 Å². The first-order valence-electron chi connectivity index (χ1n) is 8.48. The molecule has 0 fully saturated rings. The van der Waals surface area contributed by atoms with Crippen molar-refractivity contribution < 1.29 is 4.79 Å². The van der Waals surface area contributed by atoms with Gasteiger partial charge in [0.1, 0.15) is 5.69 Å². The van der Waals surface area contributed by atoms with Crippen molar-refractivity contribution in [2.75, 3.05) is 17.7 Å². The number of carbonyl (C=O) groups is 1. The molecule has 1 amide bonds. The van der Waals surface area contributed by atoms with Crippen LogP contribution in [0.25, 0.3) is 28.2 Å². The molecule has 0 unspecified atom stereocenters.